The standard InChI is InChI=1S/C20H25NO4/c1-5-24-18-11-10-15(13-19(18)25-6-2)14(3)21-20(22)16-8-7-9-17(12-16)23-4/h7-14H,5-6H2,1-4H3,(H,21,22). The van der Waals surface area contributed by atoms with Crippen molar-refractivity contribution in [2.75, 3.05) is 20.3 Å². The quantitative estimate of drug-likeness (QED) is 0.787. The number of nitrogens with one attached hydrogen (secondary N) is 1. The minimum Gasteiger partial charge on any atom is -0.497 e. The van der Waals surface area contributed by atoms with Crippen LogP contribution in [0.5, 0.6) is 17.2 Å². The molecule has 0 aliphatic carbocycles. The van der Waals surface area contributed by atoms with Gasteiger partial charge in [-0.15, -0.1) is 0 Å². The molecule has 1 amide bonds. The fraction of sp³-hybridized carbons (Fsp3) is 0.350. The molecule has 0 spiro atoms. The average Bonchev–Trinajstić information content (AvgIpc) is 2.63. The fourth-order valence-corrected chi connectivity index (χ4v) is 2.46. The molecule has 1 N–H and O–H groups in total. The van der Waals surface area contributed by atoms with Gasteiger partial charge in [0.25, 0.3) is 5.91 Å². The Bertz CT molecular complexity index is 715. The van der Waals surface area contributed by atoms with E-state index in [0.29, 0.717) is 36.0 Å². The molecule has 1 unspecified atom stereocenters. The summed E-state index contributed by atoms with van der Waals surface area (Å²) >= 11 is 0. The monoisotopic (exact) mass is 343 g/mol. The van der Waals surface area contributed by atoms with Gasteiger partial charge in [0.15, 0.2) is 11.5 Å². The van der Waals surface area contributed by atoms with Crippen LogP contribution < -0.4 is 19.5 Å². The van der Waals surface area contributed by atoms with E-state index in [1.54, 1.807) is 31.4 Å². The molecular formula is C20H25NO4. The maximum atomic E-state index is 12.5. The zero-order valence-corrected chi connectivity index (χ0v) is 15.2. The van der Waals surface area contributed by atoms with E-state index in [4.69, 9.17) is 14.2 Å². The van der Waals surface area contributed by atoms with E-state index in [9.17, 15) is 4.79 Å². The molecule has 5 nitrogen and oxygen atoms in total. The third-order valence-corrected chi connectivity index (χ3v) is 3.75. The van der Waals surface area contributed by atoms with Crippen molar-refractivity contribution in [3.05, 3.63) is 53.6 Å². The van der Waals surface area contributed by atoms with Crippen LogP contribution in [0.25, 0.3) is 0 Å². The molecular weight excluding hydrogens is 318 g/mol. The van der Waals surface area contributed by atoms with Gasteiger partial charge in [0.2, 0.25) is 0 Å². The maximum Gasteiger partial charge on any atom is 0.251 e. The van der Waals surface area contributed by atoms with Crippen molar-refractivity contribution in [2.24, 2.45) is 0 Å². The summed E-state index contributed by atoms with van der Waals surface area (Å²) in [6, 6.07) is 12.6. The average molecular weight is 343 g/mol. The van der Waals surface area contributed by atoms with Gasteiger partial charge in [-0.1, -0.05) is 12.1 Å². The fourth-order valence-electron chi connectivity index (χ4n) is 2.46. The lowest BCUT2D eigenvalue weighted by Crippen LogP contribution is -2.26. The van der Waals surface area contributed by atoms with Gasteiger partial charge in [0.05, 0.1) is 26.4 Å². The number of hydrogen-bond donors (Lipinski definition) is 1. The minimum absolute atomic E-state index is 0.154. The lowest BCUT2D eigenvalue weighted by Gasteiger charge is -2.17. The lowest BCUT2D eigenvalue weighted by atomic mass is 10.1. The van der Waals surface area contributed by atoms with Crippen LogP contribution in [0.3, 0.4) is 0 Å². The van der Waals surface area contributed by atoms with E-state index in [1.807, 2.05) is 39.0 Å². The molecule has 134 valence electrons. The van der Waals surface area contributed by atoms with E-state index in [-0.39, 0.29) is 11.9 Å². The Kier molecular flexibility index (Phi) is 6.69. The van der Waals surface area contributed by atoms with Crippen molar-refractivity contribution in [2.45, 2.75) is 26.8 Å². The number of hydrogen-bond acceptors (Lipinski definition) is 4. The summed E-state index contributed by atoms with van der Waals surface area (Å²) in [5.41, 5.74) is 1.50. The van der Waals surface area contributed by atoms with Gasteiger partial charge in [0.1, 0.15) is 5.75 Å². The molecule has 0 saturated carbocycles. The number of benzene rings is 2. The number of rotatable bonds is 8. The van der Waals surface area contributed by atoms with E-state index in [2.05, 4.69) is 5.32 Å². The van der Waals surface area contributed by atoms with Crippen molar-refractivity contribution in [3.63, 3.8) is 0 Å². The predicted octanol–water partition coefficient (Wildman–Crippen LogP) is 3.98. The summed E-state index contributed by atoms with van der Waals surface area (Å²) in [4.78, 5) is 12.5. The molecule has 2 rings (SSSR count). The summed E-state index contributed by atoms with van der Waals surface area (Å²) in [5.74, 6) is 1.89. The second kappa shape index (κ2) is 8.97. The third kappa shape index (κ3) is 4.89. The number of amides is 1. The molecule has 0 radical (unpaired) electrons. The Morgan fingerprint density at radius 1 is 1.04 bits per heavy atom. The third-order valence-electron chi connectivity index (χ3n) is 3.75. The largest absolute Gasteiger partial charge is 0.497 e. The molecule has 0 heterocycles. The Labute approximate surface area is 148 Å². The van der Waals surface area contributed by atoms with Crippen molar-refractivity contribution in [1.29, 1.82) is 0 Å². The van der Waals surface area contributed by atoms with Gasteiger partial charge in [-0.3, -0.25) is 4.79 Å². The molecule has 0 aliphatic rings. The first-order chi connectivity index (χ1) is 12.1. The van der Waals surface area contributed by atoms with Crippen LogP contribution in [0, 0.1) is 0 Å². The Hall–Kier alpha value is -2.69. The van der Waals surface area contributed by atoms with Crippen molar-refractivity contribution >= 4 is 5.91 Å². The van der Waals surface area contributed by atoms with Gasteiger partial charge in [0, 0.05) is 5.56 Å². The second-order valence-electron chi connectivity index (χ2n) is 5.50. The molecule has 0 fully saturated rings. The number of carbonyl (C=O) groups excluding carboxylic acids is 1. The molecule has 2 aromatic carbocycles. The minimum atomic E-state index is -0.173. The molecule has 2 aromatic rings. The molecule has 5 heteroatoms. The zero-order chi connectivity index (χ0) is 18.2. The summed E-state index contributed by atoms with van der Waals surface area (Å²) in [5, 5.41) is 2.99. The number of methoxy groups -OCH3 is 1. The van der Waals surface area contributed by atoms with Crippen LogP contribution in [0.4, 0.5) is 0 Å². The molecule has 0 aromatic heterocycles. The number of ether oxygens (including phenoxy) is 3. The van der Waals surface area contributed by atoms with Crippen LogP contribution in [0.15, 0.2) is 42.5 Å². The smallest absolute Gasteiger partial charge is 0.251 e. The topological polar surface area (TPSA) is 56.8 Å². The molecule has 0 bridgehead atoms. The SMILES string of the molecule is CCOc1ccc(C(C)NC(=O)c2cccc(OC)c2)cc1OCC. The van der Waals surface area contributed by atoms with Crippen LogP contribution in [0.2, 0.25) is 0 Å². The Balaban J connectivity index is 2.15. The molecule has 1 atom stereocenters. The Morgan fingerprint density at radius 2 is 1.76 bits per heavy atom. The predicted molar refractivity (Wildman–Crippen MR) is 97.7 cm³/mol. The number of carbonyl (C=O) groups is 1. The summed E-state index contributed by atoms with van der Waals surface area (Å²) < 4.78 is 16.4. The van der Waals surface area contributed by atoms with Gasteiger partial charge < -0.3 is 19.5 Å². The van der Waals surface area contributed by atoms with E-state index in [1.165, 1.54) is 0 Å². The van der Waals surface area contributed by atoms with Crippen molar-refractivity contribution < 1.29 is 19.0 Å². The molecule has 0 aliphatic heterocycles. The van der Waals surface area contributed by atoms with E-state index < -0.39 is 0 Å². The van der Waals surface area contributed by atoms with Crippen LogP contribution in [-0.2, 0) is 0 Å². The summed E-state index contributed by atoms with van der Waals surface area (Å²) in [6.07, 6.45) is 0. The first-order valence-electron chi connectivity index (χ1n) is 8.43. The summed E-state index contributed by atoms with van der Waals surface area (Å²) in [6.45, 7) is 6.91. The van der Waals surface area contributed by atoms with Crippen LogP contribution in [-0.4, -0.2) is 26.2 Å². The van der Waals surface area contributed by atoms with Gasteiger partial charge in [-0.25, -0.2) is 0 Å². The first kappa shape index (κ1) is 18.6. The van der Waals surface area contributed by atoms with Crippen molar-refractivity contribution in [3.8, 4) is 17.2 Å². The maximum absolute atomic E-state index is 12.5. The summed E-state index contributed by atoms with van der Waals surface area (Å²) in [7, 11) is 1.58. The second-order valence-corrected chi connectivity index (χ2v) is 5.50. The van der Waals surface area contributed by atoms with Gasteiger partial charge >= 0.3 is 0 Å². The van der Waals surface area contributed by atoms with Gasteiger partial charge in [-0.05, 0) is 56.7 Å². The molecule has 0 saturated heterocycles. The highest BCUT2D eigenvalue weighted by atomic mass is 16.5. The van der Waals surface area contributed by atoms with E-state index >= 15 is 0 Å². The van der Waals surface area contributed by atoms with Crippen LogP contribution in [0.1, 0.15) is 42.7 Å². The van der Waals surface area contributed by atoms with E-state index in [0.717, 1.165) is 5.56 Å². The normalized spacial score (nSPS) is 11.5. The zero-order valence-electron chi connectivity index (χ0n) is 15.2. The van der Waals surface area contributed by atoms with Crippen LogP contribution >= 0.6 is 0 Å². The lowest BCUT2D eigenvalue weighted by molar-refractivity contribution is 0.0939. The van der Waals surface area contributed by atoms with Crippen molar-refractivity contribution in [1.82, 2.24) is 5.32 Å². The first-order valence-corrected chi connectivity index (χ1v) is 8.43. The highest BCUT2D eigenvalue weighted by Gasteiger charge is 2.14. The highest BCUT2D eigenvalue weighted by Crippen LogP contribution is 2.30. The Morgan fingerprint density at radius 3 is 2.44 bits per heavy atom. The van der Waals surface area contributed by atoms with Gasteiger partial charge in [-0.2, -0.15) is 0 Å². The molecule has 25 heavy (non-hydrogen) atoms. The highest BCUT2D eigenvalue weighted by molar-refractivity contribution is 5.94.